The lowest BCUT2D eigenvalue weighted by Crippen LogP contribution is -2.37. The predicted molar refractivity (Wildman–Crippen MR) is 93.0 cm³/mol. The molecule has 0 radical (unpaired) electrons. The molecular weight excluding hydrogens is 286 g/mol. The molecule has 116 valence electrons. The van der Waals surface area contributed by atoms with E-state index < -0.39 is 0 Å². The van der Waals surface area contributed by atoms with Crippen molar-refractivity contribution in [2.24, 2.45) is 5.73 Å². The molecule has 0 bridgehead atoms. The minimum Gasteiger partial charge on any atom is -0.399 e. The summed E-state index contributed by atoms with van der Waals surface area (Å²) in [7, 11) is 0. The van der Waals surface area contributed by atoms with Gasteiger partial charge in [0.1, 0.15) is 6.17 Å². The number of nitrogens with two attached hydrogens (primary N) is 2. The highest BCUT2D eigenvalue weighted by atomic mass is 15.3. The maximum atomic E-state index is 6.59. The van der Waals surface area contributed by atoms with Crippen LogP contribution < -0.4 is 16.4 Å². The van der Waals surface area contributed by atoms with Crippen molar-refractivity contribution in [3.63, 3.8) is 0 Å². The first-order chi connectivity index (χ1) is 11.1. The van der Waals surface area contributed by atoms with E-state index in [1.54, 1.807) is 6.33 Å². The minimum absolute atomic E-state index is 0.298. The van der Waals surface area contributed by atoms with Gasteiger partial charge in [-0.05, 0) is 43.2 Å². The van der Waals surface area contributed by atoms with Crippen LogP contribution in [0.2, 0.25) is 0 Å². The van der Waals surface area contributed by atoms with Crippen molar-refractivity contribution in [2.75, 3.05) is 10.6 Å². The Labute approximate surface area is 135 Å². The second-order valence-electron chi connectivity index (χ2n) is 5.99. The van der Waals surface area contributed by atoms with E-state index in [4.69, 9.17) is 11.5 Å². The van der Waals surface area contributed by atoms with Crippen LogP contribution in [0.3, 0.4) is 0 Å². The molecule has 0 amide bonds. The molecule has 1 aromatic heterocycles. The predicted octanol–water partition coefficient (Wildman–Crippen LogP) is 3.18. The zero-order valence-electron chi connectivity index (χ0n) is 13.2. The molecule has 2 heterocycles. The Hall–Kier alpha value is -2.79. The molecule has 1 atom stereocenters. The first-order valence-electron chi connectivity index (χ1n) is 7.61. The average molecular weight is 305 g/mol. The molecule has 2 aromatic carbocycles. The molecule has 4 rings (SSSR count). The van der Waals surface area contributed by atoms with Crippen molar-refractivity contribution in [1.82, 2.24) is 9.55 Å². The lowest BCUT2D eigenvalue weighted by Gasteiger charge is -2.39. The lowest BCUT2D eigenvalue weighted by molar-refractivity contribution is 0.664. The summed E-state index contributed by atoms with van der Waals surface area (Å²) in [6.07, 6.45) is 3.31. The highest BCUT2D eigenvalue weighted by Crippen LogP contribution is 2.44. The number of benzene rings is 2. The summed E-state index contributed by atoms with van der Waals surface area (Å²) in [5, 5.41) is 0. The van der Waals surface area contributed by atoms with Gasteiger partial charge >= 0.3 is 0 Å². The Morgan fingerprint density at radius 2 is 1.78 bits per heavy atom. The Morgan fingerprint density at radius 3 is 2.52 bits per heavy atom. The lowest BCUT2D eigenvalue weighted by atomic mass is 10.0. The van der Waals surface area contributed by atoms with Crippen LogP contribution in [0.5, 0.6) is 0 Å². The van der Waals surface area contributed by atoms with E-state index >= 15 is 0 Å². The van der Waals surface area contributed by atoms with Crippen LogP contribution in [0.1, 0.15) is 23.0 Å². The number of aryl methyl sites for hydroxylation is 2. The summed E-state index contributed by atoms with van der Waals surface area (Å²) in [5.74, 6) is 0. The molecule has 0 saturated heterocycles. The molecule has 0 aliphatic carbocycles. The first kappa shape index (κ1) is 13.8. The van der Waals surface area contributed by atoms with Crippen LogP contribution in [0.25, 0.3) is 5.69 Å². The van der Waals surface area contributed by atoms with Crippen LogP contribution in [0, 0.1) is 13.8 Å². The fourth-order valence-corrected chi connectivity index (χ4v) is 3.39. The van der Waals surface area contributed by atoms with E-state index in [9.17, 15) is 0 Å². The van der Waals surface area contributed by atoms with Gasteiger partial charge in [-0.1, -0.05) is 18.2 Å². The van der Waals surface area contributed by atoms with Crippen molar-refractivity contribution in [2.45, 2.75) is 20.0 Å². The standard InChI is InChI=1S/C18H19N5/c1-11-4-3-5-12(2)17(11)23-14-7-6-13(19)8-15(14)22-10-21-9-16(22)18(23)20/h3-10,18H,19-20H2,1-2H3. The quantitative estimate of drug-likeness (QED) is 0.677. The van der Waals surface area contributed by atoms with Crippen molar-refractivity contribution in [3.8, 4) is 5.69 Å². The van der Waals surface area contributed by atoms with Gasteiger partial charge in [-0.25, -0.2) is 4.98 Å². The van der Waals surface area contributed by atoms with Crippen LogP contribution in [-0.4, -0.2) is 9.55 Å². The Bertz CT molecular complexity index is 876. The smallest absolute Gasteiger partial charge is 0.125 e. The van der Waals surface area contributed by atoms with Crippen LogP contribution in [0.4, 0.5) is 17.1 Å². The fourth-order valence-electron chi connectivity index (χ4n) is 3.39. The van der Waals surface area contributed by atoms with E-state index in [2.05, 4.69) is 41.9 Å². The van der Waals surface area contributed by atoms with Gasteiger partial charge in [0.05, 0.1) is 29.6 Å². The third-order valence-electron chi connectivity index (χ3n) is 4.45. The molecule has 0 spiro atoms. The average Bonchev–Trinajstić information content (AvgIpc) is 3.00. The van der Waals surface area contributed by atoms with Gasteiger partial charge in [0.15, 0.2) is 0 Å². The van der Waals surface area contributed by atoms with E-state index in [1.165, 1.54) is 11.1 Å². The zero-order chi connectivity index (χ0) is 16.1. The van der Waals surface area contributed by atoms with Crippen molar-refractivity contribution in [1.29, 1.82) is 0 Å². The molecule has 0 fully saturated rings. The number of aromatic nitrogens is 2. The number of hydrogen-bond acceptors (Lipinski definition) is 4. The first-order valence-corrected chi connectivity index (χ1v) is 7.61. The monoisotopic (exact) mass is 305 g/mol. The van der Waals surface area contributed by atoms with Gasteiger partial charge in [-0.15, -0.1) is 0 Å². The normalized spacial score (nSPS) is 16.1. The number of nitrogen functional groups attached to an aromatic ring is 1. The van der Waals surface area contributed by atoms with Gasteiger partial charge in [-0.3, -0.25) is 4.57 Å². The number of para-hydroxylation sites is 1. The minimum atomic E-state index is -0.298. The SMILES string of the molecule is Cc1cccc(C)c1N1c2ccc(N)cc2-n2cncc2C1N. The summed E-state index contributed by atoms with van der Waals surface area (Å²) in [4.78, 5) is 6.45. The van der Waals surface area contributed by atoms with Crippen LogP contribution in [0.15, 0.2) is 48.9 Å². The zero-order valence-corrected chi connectivity index (χ0v) is 13.2. The molecular formula is C18H19N5. The van der Waals surface area contributed by atoms with Crippen molar-refractivity contribution in [3.05, 3.63) is 65.7 Å². The fraction of sp³-hybridized carbons (Fsp3) is 0.167. The van der Waals surface area contributed by atoms with Crippen molar-refractivity contribution < 1.29 is 0 Å². The Balaban J connectivity index is 2.03. The molecule has 5 nitrogen and oxygen atoms in total. The number of imidazole rings is 1. The molecule has 3 aromatic rings. The van der Waals surface area contributed by atoms with Gasteiger partial charge in [-0.2, -0.15) is 0 Å². The third-order valence-corrected chi connectivity index (χ3v) is 4.45. The molecule has 4 N–H and O–H groups in total. The molecule has 23 heavy (non-hydrogen) atoms. The second kappa shape index (κ2) is 4.86. The molecule has 1 unspecified atom stereocenters. The summed E-state index contributed by atoms with van der Waals surface area (Å²) < 4.78 is 2.01. The van der Waals surface area contributed by atoms with E-state index in [0.717, 1.165) is 28.4 Å². The summed E-state index contributed by atoms with van der Waals surface area (Å²) in [6, 6.07) is 12.2. The largest absolute Gasteiger partial charge is 0.399 e. The van der Waals surface area contributed by atoms with E-state index in [-0.39, 0.29) is 6.17 Å². The maximum Gasteiger partial charge on any atom is 0.125 e. The van der Waals surface area contributed by atoms with Gasteiger partial charge < -0.3 is 16.4 Å². The molecule has 1 aliphatic heterocycles. The van der Waals surface area contributed by atoms with Gasteiger partial charge in [0.2, 0.25) is 0 Å². The maximum absolute atomic E-state index is 6.59. The third kappa shape index (κ3) is 1.94. The number of hydrogen-bond donors (Lipinski definition) is 2. The topological polar surface area (TPSA) is 73.1 Å². The molecule has 1 aliphatic rings. The van der Waals surface area contributed by atoms with E-state index in [1.807, 2.05) is 29.0 Å². The second-order valence-corrected chi connectivity index (χ2v) is 5.99. The number of rotatable bonds is 1. The highest BCUT2D eigenvalue weighted by Gasteiger charge is 2.31. The number of fused-ring (bicyclic) bond motifs is 3. The summed E-state index contributed by atoms with van der Waals surface area (Å²) in [6.45, 7) is 4.22. The highest BCUT2D eigenvalue weighted by molar-refractivity contribution is 5.80. The van der Waals surface area contributed by atoms with Crippen LogP contribution in [-0.2, 0) is 0 Å². The van der Waals surface area contributed by atoms with Crippen molar-refractivity contribution >= 4 is 17.1 Å². The van der Waals surface area contributed by atoms with Crippen LogP contribution >= 0.6 is 0 Å². The van der Waals surface area contributed by atoms with Gasteiger partial charge in [0, 0.05) is 11.4 Å². The van der Waals surface area contributed by atoms with E-state index in [0.29, 0.717) is 0 Å². The molecule has 0 saturated carbocycles. The number of anilines is 3. The molecule has 5 heteroatoms. The summed E-state index contributed by atoms with van der Waals surface area (Å²) in [5.41, 5.74) is 19.8. The Morgan fingerprint density at radius 1 is 1.04 bits per heavy atom. The number of nitrogens with zero attached hydrogens (tertiary/aromatic N) is 3. The summed E-state index contributed by atoms with van der Waals surface area (Å²) >= 11 is 0. The Kier molecular flexibility index (Phi) is 2.92. The van der Waals surface area contributed by atoms with Gasteiger partial charge in [0.25, 0.3) is 0 Å².